The average molecular weight is 1470 g/mol. The molecule has 12 heteroatoms. The Morgan fingerprint density at radius 3 is 0.777 bits per heavy atom. The second kappa shape index (κ2) is 34.7. The summed E-state index contributed by atoms with van der Waals surface area (Å²) in [6.45, 7) is 35.0. The Bertz CT molecular complexity index is 5880. The molecule has 0 unspecified atom stereocenters. The lowest BCUT2D eigenvalue weighted by molar-refractivity contribution is -0.744. The molecule has 0 aliphatic carbocycles. The summed E-state index contributed by atoms with van der Waals surface area (Å²) in [6.07, 6.45) is 17.5. The summed E-state index contributed by atoms with van der Waals surface area (Å²) in [5.41, 5.74) is 37.1. The van der Waals surface area contributed by atoms with Crippen LogP contribution in [0.3, 0.4) is 0 Å². The third-order valence-corrected chi connectivity index (χ3v) is 21.2. The first kappa shape index (κ1) is 80.0. The highest BCUT2D eigenvalue weighted by atomic mass is 15.4. The molecule has 4 heterocycles. The van der Waals surface area contributed by atoms with Crippen LogP contribution in [-0.2, 0) is 28.2 Å². The SMILES string of the molecule is Cc1cc(C#N)ccc1-n1cc(-c2c(C(C)C)cc(-c3ccccc3)cc2C(C)C)c[n+]1C.Cc1cc(C#N)ccc1-n1cc(-c2c(C(C)C)cccc2C(C)C)c[n+]1C.Cc1cc(C#N)ccc1-n1cc(-c2c(C)cc(-c3ccccc3)cc2C)c[n+]1C.Cc1cc(C#N)ccc1-n1cc(-c2c(C)cccc2C)c[n+]1C. The fourth-order valence-electron chi connectivity index (χ4n) is 15.6. The van der Waals surface area contributed by atoms with Crippen LogP contribution in [0, 0.1) is 101 Å². The molecule has 560 valence electrons. The lowest BCUT2D eigenvalue weighted by atomic mass is 9.83. The topological polar surface area (TPSA) is 130 Å². The lowest BCUT2D eigenvalue weighted by Crippen LogP contribution is -2.37. The Kier molecular flexibility index (Phi) is 24.8. The lowest BCUT2D eigenvalue weighted by Gasteiger charge is -2.20. The monoisotopic (exact) mass is 1470 g/mol. The molecule has 14 aromatic rings. The maximum Gasteiger partial charge on any atom is 0.203 e. The van der Waals surface area contributed by atoms with E-state index in [4.69, 9.17) is 15.8 Å². The molecule has 0 fully saturated rings. The zero-order chi connectivity index (χ0) is 80.5. The second-order valence-corrected chi connectivity index (χ2v) is 30.9. The number of benzene rings is 10. The van der Waals surface area contributed by atoms with Crippen molar-refractivity contribution in [2.75, 3.05) is 0 Å². The van der Waals surface area contributed by atoms with Crippen LogP contribution in [-0.4, -0.2) is 18.7 Å². The van der Waals surface area contributed by atoms with Crippen LogP contribution in [0.2, 0.25) is 0 Å². The summed E-state index contributed by atoms with van der Waals surface area (Å²) in [4.78, 5) is 0. The van der Waals surface area contributed by atoms with Gasteiger partial charge < -0.3 is 0 Å². The van der Waals surface area contributed by atoms with Crippen LogP contribution >= 0.6 is 0 Å². The first-order chi connectivity index (χ1) is 53.6. The Balaban J connectivity index is 0.000000149. The molecule has 0 atom stereocenters. The van der Waals surface area contributed by atoms with Gasteiger partial charge in [-0.25, -0.2) is 0 Å². The highest BCUT2D eigenvalue weighted by molar-refractivity contribution is 5.79. The molecule has 0 bridgehead atoms. The van der Waals surface area contributed by atoms with Crippen LogP contribution in [0.1, 0.15) is 168 Å². The van der Waals surface area contributed by atoms with Gasteiger partial charge in [0.05, 0.1) is 93.6 Å². The summed E-state index contributed by atoms with van der Waals surface area (Å²) in [5, 5.41) is 36.5. The molecule has 12 nitrogen and oxygen atoms in total. The normalized spacial score (nSPS) is 11.0. The number of nitriles is 4. The van der Waals surface area contributed by atoms with Gasteiger partial charge in [0.2, 0.25) is 24.8 Å². The molecule has 10 aromatic carbocycles. The first-order valence-corrected chi connectivity index (χ1v) is 38.6. The van der Waals surface area contributed by atoms with Gasteiger partial charge in [-0.05, 0) is 263 Å². The third-order valence-electron chi connectivity index (χ3n) is 21.2. The number of aromatic nitrogens is 8. The van der Waals surface area contributed by atoms with Gasteiger partial charge in [0, 0.05) is 0 Å². The van der Waals surface area contributed by atoms with E-state index < -0.39 is 0 Å². The maximum atomic E-state index is 9.24. The molecule has 0 N–H and O–H groups in total. The van der Waals surface area contributed by atoms with Gasteiger partial charge in [-0.1, -0.05) is 177 Å². The van der Waals surface area contributed by atoms with Crippen LogP contribution in [0.4, 0.5) is 0 Å². The molecule has 4 aromatic heterocycles. The van der Waals surface area contributed by atoms with Crippen LogP contribution in [0.5, 0.6) is 0 Å². The van der Waals surface area contributed by atoms with Crippen molar-refractivity contribution in [3.63, 3.8) is 0 Å². The van der Waals surface area contributed by atoms with E-state index in [0.717, 1.165) is 45.0 Å². The summed E-state index contributed by atoms with van der Waals surface area (Å²) in [5.74, 6) is 1.71. The van der Waals surface area contributed by atoms with Gasteiger partial charge in [0.1, 0.15) is 22.7 Å². The summed E-state index contributed by atoms with van der Waals surface area (Å²) < 4.78 is 17.0. The Morgan fingerprint density at radius 1 is 0.241 bits per heavy atom. The Hall–Kier alpha value is -13.0. The summed E-state index contributed by atoms with van der Waals surface area (Å²) >= 11 is 0. The van der Waals surface area contributed by atoms with Crippen LogP contribution in [0.15, 0.2) is 244 Å². The molecule has 0 aliphatic heterocycles. The van der Waals surface area contributed by atoms with Gasteiger partial charge >= 0.3 is 0 Å². The minimum absolute atomic E-state index is 0.395. The molecular weight excluding hydrogens is 1370 g/mol. The van der Waals surface area contributed by atoms with Crippen molar-refractivity contribution in [3.05, 3.63) is 333 Å². The van der Waals surface area contributed by atoms with Crippen molar-refractivity contribution < 1.29 is 18.7 Å². The highest BCUT2D eigenvalue weighted by Gasteiger charge is 2.27. The van der Waals surface area contributed by atoms with Crippen LogP contribution < -0.4 is 18.7 Å². The maximum absolute atomic E-state index is 9.24. The molecule has 0 saturated heterocycles. The predicted octanol–water partition coefficient (Wildman–Crippen LogP) is 21.7. The minimum atomic E-state index is 0.395. The number of hydrogen-bond acceptors (Lipinski definition) is 4. The van der Waals surface area contributed by atoms with E-state index in [-0.39, 0.29) is 0 Å². The average Bonchev–Trinajstić information content (AvgIpc) is 1.44. The van der Waals surface area contributed by atoms with Crippen molar-refractivity contribution >= 4 is 0 Å². The van der Waals surface area contributed by atoms with Gasteiger partial charge in [0.25, 0.3) is 0 Å². The minimum Gasteiger partial charge on any atom is -0.192 e. The molecular formula is C100H104N12+4. The molecule has 112 heavy (non-hydrogen) atoms. The van der Waals surface area contributed by atoms with E-state index in [1.807, 2.05) is 107 Å². The van der Waals surface area contributed by atoms with Crippen molar-refractivity contribution in [2.45, 2.75) is 134 Å². The summed E-state index contributed by atoms with van der Waals surface area (Å²) in [6, 6.07) is 75.6. The fourth-order valence-corrected chi connectivity index (χ4v) is 15.6. The third kappa shape index (κ3) is 17.3. The first-order valence-electron chi connectivity index (χ1n) is 38.6. The van der Waals surface area contributed by atoms with Crippen molar-refractivity contribution in [3.8, 4) is 114 Å². The molecule has 0 saturated carbocycles. The van der Waals surface area contributed by atoms with E-state index in [2.05, 4.69) is 338 Å². The van der Waals surface area contributed by atoms with Gasteiger partial charge in [-0.15, -0.1) is 37.5 Å². The standard InChI is InChI=1S/C30H32N3.C26H24N3.C24H28N3.C20H20N3/c1-20(2)27-15-25(24-10-8-7-9-11-24)16-28(21(3)4)30(27)26-18-32(6)33(19-26)29-13-12-23(17-31)14-22(29)5;1-18-12-21(15-27)10-11-25(18)29-17-24(16-28(29)4)26-19(2)13-23(14-20(26)3)22-8-6-5-7-9-22;1-16(2)21-8-7-9-22(17(3)4)24(21)20-14-26(6)27(15-20)23-11-10-19(13-25)12-18(23)5;1-14-6-5-7-15(2)20(14)18-12-22(4)23(13-18)19-9-8-17(11-21)10-16(19)3/h7-16,18-21H,1-6H3;5-14,16-17H,1-4H3;7-12,14-17H,1-6H3;5-10,12-13H,1-4H3/q4*+1. The van der Waals surface area contributed by atoms with Gasteiger partial charge in [0.15, 0.2) is 28.2 Å². The predicted molar refractivity (Wildman–Crippen MR) is 454 cm³/mol. The van der Waals surface area contributed by atoms with Crippen molar-refractivity contribution in [1.82, 2.24) is 18.7 Å². The molecule has 0 spiro atoms. The van der Waals surface area contributed by atoms with E-state index in [1.165, 1.54) is 111 Å². The molecule has 0 aliphatic rings. The fraction of sp³-hybridized carbons (Fsp3) is 0.240. The zero-order valence-electron chi connectivity index (χ0n) is 68.8. The van der Waals surface area contributed by atoms with E-state index in [0.29, 0.717) is 45.9 Å². The van der Waals surface area contributed by atoms with E-state index in [1.54, 1.807) is 0 Å². The van der Waals surface area contributed by atoms with E-state index in [9.17, 15) is 5.26 Å². The quantitative estimate of drug-likeness (QED) is 0.100. The zero-order valence-corrected chi connectivity index (χ0v) is 68.8. The van der Waals surface area contributed by atoms with Gasteiger partial charge in [-0.2, -0.15) is 21.0 Å². The number of rotatable bonds is 14. The molecule has 14 rings (SSSR count). The Morgan fingerprint density at radius 2 is 0.500 bits per heavy atom. The number of aryl methyl sites for hydroxylation is 12. The van der Waals surface area contributed by atoms with E-state index >= 15 is 0 Å². The molecule has 0 amide bonds. The van der Waals surface area contributed by atoms with Crippen LogP contribution in [0.25, 0.3) is 89.5 Å². The smallest absolute Gasteiger partial charge is 0.192 e. The number of hydrogen-bond donors (Lipinski definition) is 0. The number of nitrogens with zero attached hydrogens (tertiary/aromatic N) is 12. The summed E-state index contributed by atoms with van der Waals surface area (Å²) in [7, 11) is 8.22. The van der Waals surface area contributed by atoms with Crippen molar-refractivity contribution in [1.29, 1.82) is 21.0 Å². The highest BCUT2D eigenvalue weighted by Crippen LogP contribution is 2.41. The molecule has 0 radical (unpaired) electrons. The Labute approximate surface area is 663 Å². The largest absolute Gasteiger partial charge is 0.203 e. The van der Waals surface area contributed by atoms with Crippen molar-refractivity contribution in [2.24, 2.45) is 28.2 Å². The second-order valence-electron chi connectivity index (χ2n) is 30.9. The van der Waals surface area contributed by atoms with Gasteiger partial charge in [-0.3, -0.25) is 0 Å².